The third-order valence-electron chi connectivity index (χ3n) is 13.5. The van der Waals surface area contributed by atoms with Crippen LogP contribution in [0, 0.1) is 56.7 Å². The van der Waals surface area contributed by atoms with Crippen molar-refractivity contribution < 1.29 is 17.4 Å². The van der Waals surface area contributed by atoms with E-state index in [4.69, 9.17) is 4.18 Å². The van der Waals surface area contributed by atoms with Gasteiger partial charge >= 0.3 is 10.1 Å². The Balaban J connectivity index is 1.55. The fraction of sp³-hybridized carbons (Fsp3) is 0.844. The van der Waals surface area contributed by atoms with Gasteiger partial charge in [0.15, 0.2) is 0 Å². The predicted octanol–water partition coefficient (Wildman–Crippen LogP) is 7.70. The first-order valence-electron chi connectivity index (χ1n) is 14.7. The summed E-state index contributed by atoms with van der Waals surface area (Å²) in [6.07, 6.45) is 13.1. The molecule has 0 radical (unpaired) electrons. The van der Waals surface area contributed by atoms with Crippen molar-refractivity contribution in [2.45, 2.75) is 106 Å². The van der Waals surface area contributed by atoms with Crippen LogP contribution in [0.5, 0.6) is 0 Å². The molecule has 37 heavy (non-hydrogen) atoms. The lowest BCUT2D eigenvalue weighted by Gasteiger charge is -2.72. The molecule has 9 atom stereocenters. The van der Waals surface area contributed by atoms with Gasteiger partial charge in [0.05, 0.1) is 6.26 Å². The Labute approximate surface area is 226 Å². The number of fused-ring (bicyclic) bond motifs is 7. The van der Waals surface area contributed by atoms with Gasteiger partial charge in [-0.2, -0.15) is 8.42 Å². The van der Waals surface area contributed by atoms with Crippen LogP contribution in [-0.4, -0.2) is 20.5 Å². The summed E-state index contributed by atoms with van der Waals surface area (Å²) >= 11 is 0. The molecule has 4 fully saturated rings. The summed E-state index contributed by atoms with van der Waals surface area (Å²) in [6, 6.07) is 0. The van der Waals surface area contributed by atoms with Gasteiger partial charge in [-0.25, -0.2) is 0 Å². The Morgan fingerprint density at radius 2 is 1.59 bits per heavy atom. The minimum atomic E-state index is -3.55. The van der Waals surface area contributed by atoms with Crippen molar-refractivity contribution in [2.24, 2.45) is 56.7 Å². The van der Waals surface area contributed by atoms with E-state index >= 15 is 0 Å². The van der Waals surface area contributed by atoms with Crippen molar-refractivity contribution in [2.75, 3.05) is 6.26 Å². The molecule has 0 aromatic rings. The van der Waals surface area contributed by atoms with Crippen LogP contribution in [0.2, 0.25) is 0 Å². The summed E-state index contributed by atoms with van der Waals surface area (Å²) in [5.74, 6) is 3.48. The van der Waals surface area contributed by atoms with Gasteiger partial charge in [-0.1, -0.05) is 46.8 Å². The third-order valence-corrected chi connectivity index (χ3v) is 14.0. The Morgan fingerprint density at radius 1 is 0.919 bits per heavy atom. The second-order valence-corrected chi connectivity index (χ2v) is 16.8. The van der Waals surface area contributed by atoms with Gasteiger partial charge in [0.2, 0.25) is 0 Å². The van der Waals surface area contributed by atoms with Crippen LogP contribution < -0.4 is 0 Å². The molecule has 0 saturated heterocycles. The van der Waals surface area contributed by atoms with E-state index in [-0.39, 0.29) is 27.1 Å². The second-order valence-electron chi connectivity index (χ2n) is 15.2. The van der Waals surface area contributed by atoms with Crippen LogP contribution in [0.15, 0.2) is 24.0 Å². The molecule has 0 aliphatic heterocycles. The predicted molar refractivity (Wildman–Crippen MR) is 149 cm³/mol. The third kappa shape index (κ3) is 3.57. The number of Topliss-reactive ketones (excluding diaryl/α,β-unsaturated/α-hetero) is 1. The minimum Gasteiger partial charge on any atom is -0.387 e. The van der Waals surface area contributed by atoms with Crippen LogP contribution in [0.3, 0.4) is 0 Å². The summed E-state index contributed by atoms with van der Waals surface area (Å²) in [5.41, 5.74) is 1.31. The molecular weight excluding hydrogens is 480 g/mol. The number of carbonyl (C=O) groups excluding carboxylic acids is 1. The van der Waals surface area contributed by atoms with E-state index in [0.717, 1.165) is 51.2 Å². The molecule has 0 aromatic heterocycles. The van der Waals surface area contributed by atoms with Crippen LogP contribution >= 0.6 is 0 Å². The maximum Gasteiger partial charge on any atom is 0.305 e. The summed E-state index contributed by atoms with van der Waals surface area (Å²) in [7, 11) is -3.55. The molecule has 4 saturated carbocycles. The number of allylic oxidation sites excluding steroid dienone is 3. The van der Waals surface area contributed by atoms with Gasteiger partial charge in [0.25, 0.3) is 0 Å². The van der Waals surface area contributed by atoms with Gasteiger partial charge in [-0.05, 0) is 124 Å². The molecule has 5 rings (SSSR count). The summed E-state index contributed by atoms with van der Waals surface area (Å²) < 4.78 is 29.7. The lowest BCUT2D eigenvalue weighted by molar-refractivity contribution is -0.227. The number of carbonyl (C=O) groups is 1. The zero-order valence-corrected chi connectivity index (χ0v) is 25.4. The highest BCUT2D eigenvalue weighted by Gasteiger charge is 2.71. The van der Waals surface area contributed by atoms with Crippen molar-refractivity contribution in [3.8, 4) is 0 Å². The summed E-state index contributed by atoms with van der Waals surface area (Å²) in [5, 5.41) is 0. The fourth-order valence-corrected chi connectivity index (χ4v) is 12.2. The molecule has 208 valence electrons. The minimum absolute atomic E-state index is 0.105. The molecule has 5 heteroatoms. The van der Waals surface area contributed by atoms with Gasteiger partial charge < -0.3 is 4.18 Å². The van der Waals surface area contributed by atoms with Crippen LogP contribution in [-0.2, 0) is 19.1 Å². The van der Waals surface area contributed by atoms with Gasteiger partial charge in [0.1, 0.15) is 11.5 Å². The molecule has 0 bridgehead atoms. The number of hydrogen-bond donors (Lipinski definition) is 0. The van der Waals surface area contributed by atoms with E-state index in [2.05, 4.69) is 54.2 Å². The van der Waals surface area contributed by atoms with Gasteiger partial charge in [-0.3, -0.25) is 4.79 Å². The highest BCUT2D eigenvalue weighted by atomic mass is 32.2. The monoisotopic (exact) mass is 530 g/mol. The first-order valence-corrected chi connectivity index (χ1v) is 16.5. The van der Waals surface area contributed by atoms with Crippen molar-refractivity contribution in [3.05, 3.63) is 24.0 Å². The highest BCUT2D eigenvalue weighted by molar-refractivity contribution is 7.86. The van der Waals surface area contributed by atoms with Crippen molar-refractivity contribution in [1.82, 2.24) is 0 Å². The molecule has 0 amide bonds. The fourth-order valence-electron chi connectivity index (χ4n) is 11.6. The van der Waals surface area contributed by atoms with E-state index < -0.39 is 10.1 Å². The Kier molecular flexibility index (Phi) is 6.09. The van der Waals surface area contributed by atoms with Crippen molar-refractivity contribution in [3.63, 3.8) is 0 Å². The van der Waals surface area contributed by atoms with Crippen LogP contribution in [0.4, 0.5) is 0 Å². The first kappa shape index (κ1) is 27.5. The molecule has 4 nitrogen and oxygen atoms in total. The zero-order chi connectivity index (χ0) is 27.4. The topological polar surface area (TPSA) is 60.4 Å². The van der Waals surface area contributed by atoms with E-state index in [1.807, 2.05) is 6.92 Å². The lowest BCUT2D eigenvalue weighted by Crippen LogP contribution is -2.66. The van der Waals surface area contributed by atoms with Crippen LogP contribution in [0.25, 0.3) is 0 Å². The van der Waals surface area contributed by atoms with Gasteiger partial charge in [-0.15, -0.1) is 0 Å². The Bertz CT molecular complexity index is 1150. The zero-order valence-electron chi connectivity index (χ0n) is 24.6. The van der Waals surface area contributed by atoms with E-state index in [1.165, 1.54) is 18.4 Å². The average Bonchev–Trinajstić information content (AvgIpc) is 3.17. The van der Waals surface area contributed by atoms with E-state index in [0.29, 0.717) is 41.1 Å². The molecule has 0 spiro atoms. The SMILES string of the molecule is C=C(C)[C@@H]1CC[C@]2(C(C)=O)CC[C@]3(C)[C@H](CC[C@@H]4[C@@]5(C)CC=C(OS(C)(=O)=O)C(C)(C)[C@@H]5CC[C@]43C)[C@@H]12. The van der Waals surface area contributed by atoms with Crippen molar-refractivity contribution in [1.29, 1.82) is 0 Å². The summed E-state index contributed by atoms with van der Waals surface area (Å²) in [6.45, 7) is 20.5. The highest BCUT2D eigenvalue weighted by Crippen LogP contribution is 2.77. The normalized spacial score (nSPS) is 48.5. The second kappa shape index (κ2) is 8.21. The quantitative estimate of drug-likeness (QED) is 0.276. The molecule has 5 aliphatic rings. The van der Waals surface area contributed by atoms with E-state index in [9.17, 15) is 13.2 Å². The van der Waals surface area contributed by atoms with Gasteiger partial charge in [0, 0.05) is 10.8 Å². The molecule has 0 unspecified atom stereocenters. The van der Waals surface area contributed by atoms with Crippen molar-refractivity contribution >= 4 is 15.9 Å². The largest absolute Gasteiger partial charge is 0.387 e. The Hall–Kier alpha value is -1.10. The first-order chi connectivity index (χ1) is 16.9. The molecule has 0 aromatic carbocycles. The molecule has 5 aliphatic carbocycles. The molecule has 0 N–H and O–H groups in total. The molecule has 0 heterocycles. The molecular formula is C32H50O4S. The van der Waals surface area contributed by atoms with Crippen LogP contribution in [0.1, 0.15) is 106 Å². The number of hydrogen-bond acceptors (Lipinski definition) is 4. The number of rotatable bonds is 4. The smallest absolute Gasteiger partial charge is 0.305 e. The summed E-state index contributed by atoms with van der Waals surface area (Å²) in [4.78, 5) is 13.3. The lowest BCUT2D eigenvalue weighted by atomic mass is 9.32. The van der Waals surface area contributed by atoms with E-state index in [1.54, 1.807) is 0 Å². The number of ketones is 1. The standard InChI is InChI=1S/C32H50O4S/c1-20(2)22-12-17-32(21(3)33)19-18-30(7)23(27(22)32)10-11-25-29(6)15-14-26(36-37(9,34)35)28(4,5)24(29)13-16-31(25,30)8/h14,22-25,27H,1,10-13,15-19H2,2-9H3/t22-,23+,24-,25+,27+,29-,30+,31+,32+/m0/s1. The Morgan fingerprint density at radius 3 is 2.19 bits per heavy atom. The average molecular weight is 531 g/mol. The maximum absolute atomic E-state index is 13.3. The maximum atomic E-state index is 13.3.